The van der Waals surface area contributed by atoms with Gasteiger partial charge in [0, 0.05) is 0 Å². The molecule has 92 valence electrons. The number of nitrogens with zero attached hydrogens (tertiary/aromatic N) is 1. The Morgan fingerprint density at radius 1 is 1.06 bits per heavy atom. The van der Waals surface area contributed by atoms with Gasteiger partial charge in [-0.15, -0.1) is 0 Å². The molecule has 18 heavy (non-hydrogen) atoms. The third-order valence-electron chi connectivity index (χ3n) is 2.88. The van der Waals surface area contributed by atoms with Gasteiger partial charge < -0.3 is 5.11 Å². The summed E-state index contributed by atoms with van der Waals surface area (Å²) >= 11 is 0. The second-order valence-corrected chi connectivity index (χ2v) is 4.49. The van der Waals surface area contributed by atoms with Gasteiger partial charge in [-0.25, -0.2) is 4.99 Å². The molecule has 1 aromatic carbocycles. The van der Waals surface area contributed by atoms with Crippen LogP contribution in [0.1, 0.15) is 19.4 Å². The summed E-state index contributed by atoms with van der Waals surface area (Å²) in [6.07, 6.45) is 3.55. The van der Waals surface area contributed by atoms with Crippen LogP contribution in [-0.2, 0) is 4.79 Å². The molecule has 1 aliphatic carbocycles. The number of aryl methyl sites for hydroxylation is 1. The highest BCUT2D eigenvalue weighted by molar-refractivity contribution is 6.21. The van der Waals surface area contributed by atoms with E-state index in [-0.39, 0.29) is 11.5 Å². The molecule has 0 heterocycles. The van der Waals surface area contributed by atoms with Gasteiger partial charge in [-0.1, -0.05) is 0 Å². The highest BCUT2D eigenvalue weighted by atomic mass is 16.3. The molecule has 0 atom stereocenters. The first-order valence-electron chi connectivity index (χ1n) is 5.77. The van der Waals surface area contributed by atoms with Crippen molar-refractivity contribution in [3.63, 3.8) is 0 Å². The number of phenolic OH excluding ortho intramolecular Hbond substituents is 1. The first kappa shape index (κ1) is 12.3. The molecule has 3 heteroatoms. The molecule has 0 spiro atoms. The second-order valence-electron chi connectivity index (χ2n) is 4.49. The van der Waals surface area contributed by atoms with Gasteiger partial charge in [0.1, 0.15) is 5.75 Å². The molecule has 0 aromatic heterocycles. The normalized spacial score (nSPS) is 15.3. The summed E-state index contributed by atoms with van der Waals surface area (Å²) in [4.78, 5) is 16.1. The fraction of sp³-hybridized carbons (Fsp3) is 0.200. The Morgan fingerprint density at radius 3 is 2.22 bits per heavy atom. The number of aromatic hydroxyl groups is 1. The summed E-state index contributed by atoms with van der Waals surface area (Å²) in [6, 6.07) is 5.18. The van der Waals surface area contributed by atoms with Gasteiger partial charge >= 0.3 is 0 Å². The first-order valence-corrected chi connectivity index (χ1v) is 5.77. The molecular weight excluding hydrogens is 226 g/mol. The molecule has 0 saturated heterocycles. The number of Topliss-reactive ketones (excluding diaryl/α,β-unsaturated/α-hetero) is 1. The van der Waals surface area contributed by atoms with Crippen LogP contribution in [-0.4, -0.2) is 16.6 Å². The van der Waals surface area contributed by atoms with E-state index < -0.39 is 0 Å². The predicted molar refractivity (Wildman–Crippen MR) is 72.5 cm³/mol. The summed E-state index contributed by atoms with van der Waals surface area (Å²) in [5.74, 6) is 0.326. The number of hydrogen-bond donors (Lipinski definition) is 1. The topological polar surface area (TPSA) is 49.7 Å². The van der Waals surface area contributed by atoms with Crippen LogP contribution in [0, 0.1) is 6.92 Å². The monoisotopic (exact) mass is 241 g/mol. The van der Waals surface area contributed by atoms with Crippen LogP contribution in [0.15, 0.2) is 46.5 Å². The lowest BCUT2D eigenvalue weighted by atomic mass is 9.98. The quantitative estimate of drug-likeness (QED) is 0.767. The maximum atomic E-state index is 11.6. The van der Waals surface area contributed by atoms with Crippen molar-refractivity contribution in [2.24, 2.45) is 4.99 Å². The van der Waals surface area contributed by atoms with E-state index >= 15 is 0 Å². The molecule has 1 N–H and O–H groups in total. The Labute approximate surface area is 106 Å². The van der Waals surface area contributed by atoms with E-state index in [2.05, 4.69) is 4.99 Å². The number of benzene rings is 1. The minimum absolute atomic E-state index is 0.0656. The van der Waals surface area contributed by atoms with E-state index in [0.717, 1.165) is 17.0 Å². The van der Waals surface area contributed by atoms with E-state index in [0.29, 0.717) is 11.1 Å². The summed E-state index contributed by atoms with van der Waals surface area (Å²) in [6.45, 7) is 5.40. The number of carbonyl (C=O) groups excluding carboxylic acids is 1. The number of allylic oxidation sites excluding steroid dienone is 4. The molecule has 1 aromatic rings. The molecule has 0 amide bonds. The molecule has 0 radical (unpaired) electrons. The zero-order chi connectivity index (χ0) is 13.3. The lowest BCUT2D eigenvalue weighted by Crippen LogP contribution is -2.10. The smallest absolute Gasteiger partial charge is 0.184 e. The van der Waals surface area contributed by atoms with E-state index in [4.69, 9.17) is 0 Å². The fourth-order valence-corrected chi connectivity index (χ4v) is 1.85. The summed E-state index contributed by atoms with van der Waals surface area (Å²) in [7, 11) is 0. The van der Waals surface area contributed by atoms with Crippen molar-refractivity contribution < 1.29 is 9.90 Å². The molecular formula is C15H15NO2. The molecule has 2 rings (SSSR count). The van der Waals surface area contributed by atoms with E-state index in [1.54, 1.807) is 38.1 Å². The minimum Gasteiger partial charge on any atom is -0.508 e. The van der Waals surface area contributed by atoms with E-state index in [9.17, 15) is 9.90 Å². The van der Waals surface area contributed by atoms with Crippen LogP contribution in [0.4, 0.5) is 5.69 Å². The molecule has 1 aliphatic rings. The highest BCUT2D eigenvalue weighted by Crippen LogP contribution is 2.23. The van der Waals surface area contributed by atoms with Crippen LogP contribution in [0.5, 0.6) is 5.75 Å². The average molecular weight is 241 g/mol. The van der Waals surface area contributed by atoms with E-state index in [1.807, 2.05) is 13.0 Å². The lowest BCUT2D eigenvalue weighted by Gasteiger charge is -2.09. The van der Waals surface area contributed by atoms with Gasteiger partial charge in [-0.2, -0.15) is 0 Å². The first-order chi connectivity index (χ1) is 8.47. The Morgan fingerprint density at radius 2 is 1.67 bits per heavy atom. The second kappa shape index (κ2) is 4.61. The van der Waals surface area contributed by atoms with E-state index in [1.165, 1.54) is 0 Å². The Balaban J connectivity index is 2.40. The molecule has 0 fully saturated rings. The lowest BCUT2D eigenvalue weighted by molar-refractivity contribution is -0.112. The predicted octanol–water partition coefficient (Wildman–Crippen LogP) is 3.25. The number of carbonyl (C=O) groups is 1. The molecule has 0 bridgehead atoms. The summed E-state index contributed by atoms with van der Waals surface area (Å²) in [5, 5.41) is 9.45. The van der Waals surface area contributed by atoms with Gasteiger partial charge in [0.15, 0.2) is 5.78 Å². The number of phenols is 1. The standard InChI is InChI=1S/C15H15NO2/c1-9-6-12(4-5-14(9)17)16-13-7-10(2)15(18)11(3)8-13/h4-8,17H,1-3H3. The molecule has 3 nitrogen and oxygen atoms in total. The zero-order valence-electron chi connectivity index (χ0n) is 10.7. The van der Waals surface area contributed by atoms with Gasteiger partial charge in [0.25, 0.3) is 0 Å². The average Bonchev–Trinajstić information content (AvgIpc) is 2.31. The van der Waals surface area contributed by atoms with Gasteiger partial charge in [-0.3, -0.25) is 4.79 Å². The third-order valence-corrected chi connectivity index (χ3v) is 2.88. The van der Waals surface area contributed by atoms with Gasteiger partial charge in [0.05, 0.1) is 11.4 Å². The fourth-order valence-electron chi connectivity index (χ4n) is 1.85. The van der Waals surface area contributed by atoms with Crippen molar-refractivity contribution in [1.29, 1.82) is 0 Å². The van der Waals surface area contributed by atoms with Crippen LogP contribution in [0.25, 0.3) is 0 Å². The third kappa shape index (κ3) is 2.40. The highest BCUT2D eigenvalue weighted by Gasteiger charge is 2.13. The molecule has 0 aliphatic heterocycles. The van der Waals surface area contributed by atoms with Crippen molar-refractivity contribution >= 4 is 17.2 Å². The Kier molecular flexibility index (Phi) is 3.15. The van der Waals surface area contributed by atoms with Gasteiger partial charge in [0.2, 0.25) is 0 Å². The summed E-state index contributed by atoms with van der Waals surface area (Å²) in [5.41, 5.74) is 3.70. The van der Waals surface area contributed by atoms with Crippen LogP contribution >= 0.6 is 0 Å². The Bertz CT molecular complexity index is 583. The van der Waals surface area contributed by atoms with Crippen LogP contribution in [0.3, 0.4) is 0 Å². The zero-order valence-corrected chi connectivity index (χ0v) is 10.7. The van der Waals surface area contributed by atoms with Crippen molar-refractivity contribution in [1.82, 2.24) is 0 Å². The van der Waals surface area contributed by atoms with Gasteiger partial charge in [-0.05, 0) is 67.8 Å². The molecule has 0 saturated carbocycles. The minimum atomic E-state index is 0.0656. The Hall–Kier alpha value is -2.16. The summed E-state index contributed by atoms with van der Waals surface area (Å²) < 4.78 is 0. The van der Waals surface area contributed by atoms with Crippen molar-refractivity contribution in [2.45, 2.75) is 20.8 Å². The molecule has 0 unspecified atom stereocenters. The number of hydrogen-bond acceptors (Lipinski definition) is 3. The number of ketones is 1. The van der Waals surface area contributed by atoms with Crippen molar-refractivity contribution in [3.05, 3.63) is 47.1 Å². The van der Waals surface area contributed by atoms with Crippen molar-refractivity contribution in [3.8, 4) is 5.75 Å². The largest absolute Gasteiger partial charge is 0.508 e. The maximum Gasteiger partial charge on any atom is 0.184 e. The SMILES string of the molecule is CC1=CC(=Nc2ccc(O)c(C)c2)C=C(C)C1=O. The number of rotatable bonds is 1. The number of aliphatic imine (C=N–C) groups is 1. The van der Waals surface area contributed by atoms with Crippen molar-refractivity contribution in [2.75, 3.05) is 0 Å². The van der Waals surface area contributed by atoms with Crippen LogP contribution < -0.4 is 0 Å². The van der Waals surface area contributed by atoms with Crippen LogP contribution in [0.2, 0.25) is 0 Å². The maximum absolute atomic E-state index is 11.6.